The lowest BCUT2D eigenvalue weighted by Crippen LogP contribution is -2.31. The second-order valence-electron chi connectivity index (χ2n) is 8.17. The number of aromatic amines is 1. The van der Waals surface area contributed by atoms with Crippen molar-refractivity contribution in [2.45, 2.75) is 12.5 Å². The van der Waals surface area contributed by atoms with Crippen LogP contribution in [0.25, 0.3) is 10.8 Å². The van der Waals surface area contributed by atoms with Crippen molar-refractivity contribution in [1.82, 2.24) is 15.2 Å². The van der Waals surface area contributed by atoms with Gasteiger partial charge in [-0.05, 0) is 29.3 Å². The van der Waals surface area contributed by atoms with E-state index >= 15 is 0 Å². The van der Waals surface area contributed by atoms with Gasteiger partial charge in [-0.25, -0.2) is 14.9 Å². The van der Waals surface area contributed by atoms with Gasteiger partial charge in [-0.1, -0.05) is 60.7 Å². The maximum atomic E-state index is 13.2. The Morgan fingerprint density at radius 3 is 2.39 bits per heavy atom. The van der Waals surface area contributed by atoms with E-state index in [1.165, 1.54) is 5.01 Å². The van der Waals surface area contributed by atoms with Crippen molar-refractivity contribution in [3.05, 3.63) is 106 Å². The molecule has 4 aromatic rings. The van der Waals surface area contributed by atoms with Crippen molar-refractivity contribution < 1.29 is 19.1 Å². The van der Waals surface area contributed by atoms with E-state index in [0.717, 1.165) is 16.8 Å². The minimum absolute atomic E-state index is 0.0698. The van der Waals surface area contributed by atoms with Gasteiger partial charge in [-0.15, -0.1) is 0 Å². The van der Waals surface area contributed by atoms with Crippen molar-refractivity contribution >= 4 is 28.4 Å². The number of nitrogens with zero attached hydrogens (tertiary/aromatic N) is 3. The molecule has 1 aliphatic rings. The molecule has 0 unspecified atom stereocenters. The van der Waals surface area contributed by atoms with Gasteiger partial charge in [-0.3, -0.25) is 9.59 Å². The molecule has 36 heavy (non-hydrogen) atoms. The molecule has 9 nitrogen and oxygen atoms in total. The van der Waals surface area contributed by atoms with Crippen LogP contribution in [-0.4, -0.2) is 46.5 Å². The molecule has 1 aromatic heterocycles. The number of hydrogen-bond acceptors (Lipinski definition) is 7. The number of aromatic nitrogens is 2. The molecule has 2 heterocycles. The summed E-state index contributed by atoms with van der Waals surface area (Å²) in [5.41, 5.74) is 2.05. The second-order valence-corrected chi connectivity index (χ2v) is 8.17. The summed E-state index contributed by atoms with van der Waals surface area (Å²) in [6.07, 6.45) is 0.502. The number of H-pyrrole nitrogens is 1. The highest BCUT2D eigenvalue weighted by Crippen LogP contribution is 2.33. The van der Waals surface area contributed by atoms with Crippen LogP contribution in [0.5, 0.6) is 5.75 Å². The number of benzene rings is 3. The van der Waals surface area contributed by atoms with Gasteiger partial charge in [0, 0.05) is 11.8 Å². The SMILES string of the molecule is COc1ccc([C@H]2CC(c3ccccc3)=NN2C(=O)COC(=O)c2n[nH]c(=O)c3ccccc23)cc1. The molecule has 0 spiro atoms. The van der Waals surface area contributed by atoms with Crippen molar-refractivity contribution in [2.75, 3.05) is 13.7 Å². The third-order valence-corrected chi connectivity index (χ3v) is 5.99. The highest BCUT2D eigenvalue weighted by Gasteiger charge is 2.33. The zero-order valence-corrected chi connectivity index (χ0v) is 19.4. The number of methoxy groups -OCH3 is 1. The van der Waals surface area contributed by atoms with Crippen LogP contribution in [0.2, 0.25) is 0 Å². The highest BCUT2D eigenvalue weighted by atomic mass is 16.5. The fraction of sp³-hybridized carbons (Fsp3) is 0.148. The fourth-order valence-electron chi connectivity index (χ4n) is 4.16. The van der Waals surface area contributed by atoms with E-state index in [4.69, 9.17) is 9.47 Å². The third kappa shape index (κ3) is 4.46. The van der Waals surface area contributed by atoms with E-state index in [2.05, 4.69) is 15.3 Å². The number of carbonyl (C=O) groups excluding carboxylic acids is 2. The first-order valence-electron chi connectivity index (χ1n) is 11.3. The molecule has 3 aromatic carbocycles. The van der Waals surface area contributed by atoms with Crippen LogP contribution >= 0.6 is 0 Å². The van der Waals surface area contributed by atoms with Gasteiger partial charge in [0.2, 0.25) is 0 Å². The van der Waals surface area contributed by atoms with Gasteiger partial charge < -0.3 is 9.47 Å². The van der Waals surface area contributed by atoms with Gasteiger partial charge in [0.05, 0.1) is 24.2 Å². The van der Waals surface area contributed by atoms with E-state index in [0.29, 0.717) is 22.9 Å². The minimum atomic E-state index is -0.816. The Bertz CT molecular complexity index is 1510. The van der Waals surface area contributed by atoms with Crippen molar-refractivity contribution in [3.63, 3.8) is 0 Å². The lowest BCUT2D eigenvalue weighted by molar-refractivity contribution is -0.136. The standard InChI is InChI=1S/C27H22N4O5/c1-35-19-13-11-18(12-14-19)23-15-22(17-7-3-2-4-8-17)30-31(23)24(32)16-36-27(34)25-20-9-5-6-10-21(20)26(33)29-28-25/h2-14,23H,15-16H2,1H3,(H,29,33)/t23-/m1/s1. The molecule has 1 amide bonds. The number of hydrazone groups is 1. The van der Waals surface area contributed by atoms with Gasteiger partial charge in [0.1, 0.15) is 5.75 Å². The minimum Gasteiger partial charge on any atom is -0.497 e. The number of hydrogen-bond donors (Lipinski definition) is 1. The number of nitrogens with one attached hydrogen (secondary N) is 1. The van der Waals surface area contributed by atoms with Crippen LogP contribution in [0, 0.1) is 0 Å². The van der Waals surface area contributed by atoms with E-state index in [9.17, 15) is 14.4 Å². The molecule has 0 radical (unpaired) electrons. The van der Waals surface area contributed by atoms with Gasteiger partial charge in [0.25, 0.3) is 11.5 Å². The Labute approximate surface area is 206 Å². The molecule has 0 saturated heterocycles. The van der Waals surface area contributed by atoms with Crippen LogP contribution in [0.3, 0.4) is 0 Å². The second kappa shape index (κ2) is 9.83. The molecule has 9 heteroatoms. The lowest BCUT2D eigenvalue weighted by atomic mass is 9.98. The van der Waals surface area contributed by atoms with Crippen molar-refractivity contribution in [3.8, 4) is 5.75 Å². The smallest absolute Gasteiger partial charge is 0.359 e. The maximum absolute atomic E-state index is 13.2. The zero-order valence-electron chi connectivity index (χ0n) is 19.4. The molecule has 1 atom stereocenters. The zero-order chi connectivity index (χ0) is 25.1. The fourth-order valence-corrected chi connectivity index (χ4v) is 4.16. The van der Waals surface area contributed by atoms with Crippen LogP contribution in [0.4, 0.5) is 0 Å². The number of ether oxygens (including phenoxy) is 2. The first kappa shape index (κ1) is 23.0. The summed E-state index contributed by atoms with van der Waals surface area (Å²) < 4.78 is 10.6. The van der Waals surface area contributed by atoms with Crippen LogP contribution in [0.15, 0.2) is 88.8 Å². The van der Waals surface area contributed by atoms with Crippen molar-refractivity contribution in [2.24, 2.45) is 5.10 Å². The maximum Gasteiger partial charge on any atom is 0.359 e. The Kier molecular flexibility index (Phi) is 6.27. The molecule has 1 N–H and O–H groups in total. The average molecular weight is 482 g/mol. The average Bonchev–Trinajstić information content (AvgIpc) is 3.38. The summed E-state index contributed by atoms with van der Waals surface area (Å²) in [4.78, 5) is 38.0. The van der Waals surface area contributed by atoms with E-state index < -0.39 is 24.0 Å². The summed E-state index contributed by atoms with van der Waals surface area (Å²) in [5.74, 6) is -0.597. The number of rotatable bonds is 6. The summed E-state index contributed by atoms with van der Waals surface area (Å²) in [6, 6.07) is 23.2. The Morgan fingerprint density at radius 2 is 1.67 bits per heavy atom. The normalized spacial score (nSPS) is 15.0. The Hall–Kier alpha value is -4.79. The molecule has 0 fully saturated rings. The quantitative estimate of drug-likeness (QED) is 0.421. The molecule has 0 bridgehead atoms. The van der Waals surface area contributed by atoms with Crippen LogP contribution < -0.4 is 10.3 Å². The predicted octanol–water partition coefficient (Wildman–Crippen LogP) is 3.47. The molecular weight excluding hydrogens is 460 g/mol. The topological polar surface area (TPSA) is 114 Å². The summed E-state index contributed by atoms with van der Waals surface area (Å²) >= 11 is 0. The lowest BCUT2D eigenvalue weighted by Gasteiger charge is -2.22. The monoisotopic (exact) mass is 482 g/mol. The number of fused-ring (bicyclic) bond motifs is 1. The van der Waals surface area contributed by atoms with Gasteiger partial charge in [0.15, 0.2) is 12.3 Å². The molecule has 1 aliphatic heterocycles. The number of amides is 1. The van der Waals surface area contributed by atoms with E-state index in [-0.39, 0.29) is 11.7 Å². The molecule has 5 rings (SSSR count). The van der Waals surface area contributed by atoms with Crippen LogP contribution in [-0.2, 0) is 9.53 Å². The van der Waals surface area contributed by atoms with Gasteiger partial charge >= 0.3 is 5.97 Å². The summed E-state index contributed by atoms with van der Waals surface area (Å²) in [5, 5.41) is 12.7. The summed E-state index contributed by atoms with van der Waals surface area (Å²) in [7, 11) is 1.59. The predicted molar refractivity (Wildman–Crippen MR) is 133 cm³/mol. The molecule has 180 valence electrons. The first-order valence-corrected chi connectivity index (χ1v) is 11.3. The van der Waals surface area contributed by atoms with Gasteiger partial charge in [-0.2, -0.15) is 10.2 Å². The van der Waals surface area contributed by atoms with E-state index in [1.54, 1.807) is 31.4 Å². The summed E-state index contributed by atoms with van der Waals surface area (Å²) in [6.45, 7) is -0.536. The first-order chi connectivity index (χ1) is 17.5. The van der Waals surface area contributed by atoms with Crippen LogP contribution in [0.1, 0.15) is 34.1 Å². The molecule has 0 saturated carbocycles. The molecular formula is C27H22N4O5. The number of esters is 1. The Balaban J connectivity index is 1.38. The number of carbonyl (C=O) groups is 2. The Morgan fingerprint density at radius 1 is 0.972 bits per heavy atom. The van der Waals surface area contributed by atoms with E-state index in [1.807, 2.05) is 54.6 Å². The molecule has 0 aliphatic carbocycles. The van der Waals surface area contributed by atoms with Crippen molar-refractivity contribution in [1.29, 1.82) is 0 Å². The third-order valence-electron chi connectivity index (χ3n) is 5.99. The highest BCUT2D eigenvalue weighted by molar-refractivity contribution is 6.04. The largest absolute Gasteiger partial charge is 0.497 e.